The quantitative estimate of drug-likeness (QED) is 0.666. The third kappa shape index (κ3) is 7.13. The van der Waals surface area contributed by atoms with E-state index in [0.717, 1.165) is 45.3 Å². The van der Waals surface area contributed by atoms with Crippen molar-refractivity contribution in [2.45, 2.75) is 96.0 Å². The van der Waals surface area contributed by atoms with E-state index < -0.39 is 0 Å². The zero-order valence-electron chi connectivity index (χ0n) is 14.3. The Morgan fingerprint density at radius 3 is 2.18 bits per heavy atom. The van der Waals surface area contributed by atoms with E-state index in [1.54, 1.807) is 0 Å². The lowest BCUT2D eigenvalue weighted by Gasteiger charge is -2.20. The minimum Gasteiger partial charge on any atom is -0.378 e. The Morgan fingerprint density at radius 2 is 1.45 bits per heavy atom. The van der Waals surface area contributed by atoms with Crippen molar-refractivity contribution in [1.82, 2.24) is 5.32 Å². The second-order valence-electron chi connectivity index (χ2n) is 7.17. The molecule has 0 atom stereocenters. The second kappa shape index (κ2) is 11.0. The second-order valence-corrected chi connectivity index (χ2v) is 7.17. The van der Waals surface area contributed by atoms with Gasteiger partial charge in [0.1, 0.15) is 0 Å². The summed E-state index contributed by atoms with van der Waals surface area (Å²) in [6, 6.07) is 0. The van der Waals surface area contributed by atoms with Crippen LogP contribution in [-0.4, -0.2) is 25.2 Å². The van der Waals surface area contributed by atoms with E-state index in [-0.39, 0.29) is 0 Å². The fourth-order valence-electron chi connectivity index (χ4n) is 3.78. The van der Waals surface area contributed by atoms with Crippen molar-refractivity contribution >= 4 is 5.91 Å². The molecule has 0 aromatic heterocycles. The zero-order chi connectivity index (χ0) is 15.5. The van der Waals surface area contributed by atoms with Gasteiger partial charge in [0.05, 0.1) is 6.10 Å². The summed E-state index contributed by atoms with van der Waals surface area (Å²) in [6.45, 7) is 1.75. The molecule has 0 bridgehead atoms. The van der Waals surface area contributed by atoms with Gasteiger partial charge in [-0.05, 0) is 44.9 Å². The largest absolute Gasteiger partial charge is 0.378 e. The van der Waals surface area contributed by atoms with Crippen LogP contribution in [0.2, 0.25) is 0 Å². The number of rotatable bonds is 8. The summed E-state index contributed by atoms with van der Waals surface area (Å²) in [5.41, 5.74) is 0. The Hall–Kier alpha value is -0.570. The summed E-state index contributed by atoms with van der Waals surface area (Å²) in [5, 5.41) is 3.10. The number of ether oxygens (including phenoxy) is 1. The van der Waals surface area contributed by atoms with Crippen molar-refractivity contribution in [1.29, 1.82) is 0 Å². The maximum Gasteiger partial charge on any atom is 0.223 e. The van der Waals surface area contributed by atoms with Crippen molar-refractivity contribution in [3.63, 3.8) is 0 Å². The smallest absolute Gasteiger partial charge is 0.223 e. The van der Waals surface area contributed by atoms with E-state index in [2.05, 4.69) is 5.32 Å². The van der Waals surface area contributed by atoms with E-state index in [9.17, 15) is 4.79 Å². The summed E-state index contributed by atoms with van der Waals surface area (Å²) < 4.78 is 6.04. The first-order valence-corrected chi connectivity index (χ1v) is 9.75. The van der Waals surface area contributed by atoms with Crippen molar-refractivity contribution in [3.8, 4) is 0 Å². The third-order valence-electron chi connectivity index (χ3n) is 5.25. The first kappa shape index (κ1) is 17.8. The standard InChI is InChI=1S/C19H35NO2/c21-19(17-11-7-8-12-17)20-15-9-4-10-16-22-18-13-5-2-1-3-6-14-18/h17-18H,1-16H2,(H,20,21). The Kier molecular flexibility index (Phi) is 8.92. The summed E-state index contributed by atoms with van der Waals surface area (Å²) in [7, 11) is 0. The van der Waals surface area contributed by atoms with Crippen molar-refractivity contribution in [2.75, 3.05) is 13.2 Å². The number of carbonyl (C=O) groups excluding carboxylic acids is 1. The average Bonchev–Trinajstić information content (AvgIpc) is 3.02. The molecule has 2 rings (SSSR count). The molecule has 0 aromatic carbocycles. The molecule has 128 valence electrons. The molecular formula is C19H35NO2. The lowest BCUT2D eigenvalue weighted by Crippen LogP contribution is -2.30. The monoisotopic (exact) mass is 309 g/mol. The first-order valence-electron chi connectivity index (χ1n) is 9.75. The van der Waals surface area contributed by atoms with Crippen LogP contribution in [0.25, 0.3) is 0 Å². The summed E-state index contributed by atoms with van der Waals surface area (Å²) >= 11 is 0. The molecule has 0 heterocycles. The van der Waals surface area contributed by atoms with E-state index in [1.165, 1.54) is 57.8 Å². The normalized spacial score (nSPS) is 21.5. The molecule has 2 aliphatic carbocycles. The van der Waals surface area contributed by atoms with Crippen LogP contribution < -0.4 is 5.32 Å². The molecule has 0 spiro atoms. The van der Waals surface area contributed by atoms with Gasteiger partial charge in [-0.2, -0.15) is 0 Å². The van der Waals surface area contributed by atoms with E-state index in [0.29, 0.717) is 17.9 Å². The average molecular weight is 309 g/mol. The molecule has 0 radical (unpaired) electrons. The summed E-state index contributed by atoms with van der Waals surface area (Å²) in [6.07, 6.45) is 18.0. The SMILES string of the molecule is O=C(NCCCCCOC1CCCCCCC1)C1CCCC1. The Labute approximate surface area is 136 Å². The third-order valence-corrected chi connectivity index (χ3v) is 5.25. The molecule has 22 heavy (non-hydrogen) atoms. The molecule has 0 unspecified atom stereocenters. The van der Waals surface area contributed by atoms with Crippen LogP contribution in [0, 0.1) is 5.92 Å². The van der Waals surface area contributed by atoms with E-state index >= 15 is 0 Å². The summed E-state index contributed by atoms with van der Waals surface area (Å²) in [5.74, 6) is 0.603. The maximum absolute atomic E-state index is 11.9. The lowest BCUT2D eigenvalue weighted by molar-refractivity contribution is -0.124. The van der Waals surface area contributed by atoms with E-state index in [1.807, 2.05) is 0 Å². The zero-order valence-corrected chi connectivity index (χ0v) is 14.3. The van der Waals surface area contributed by atoms with Crippen LogP contribution in [0.4, 0.5) is 0 Å². The fourth-order valence-corrected chi connectivity index (χ4v) is 3.78. The molecule has 2 saturated carbocycles. The highest BCUT2D eigenvalue weighted by Crippen LogP contribution is 2.24. The van der Waals surface area contributed by atoms with Crippen LogP contribution >= 0.6 is 0 Å². The number of carbonyl (C=O) groups is 1. The van der Waals surface area contributed by atoms with Gasteiger partial charge in [-0.1, -0.05) is 44.9 Å². The number of hydrogen-bond donors (Lipinski definition) is 1. The highest BCUT2D eigenvalue weighted by molar-refractivity contribution is 5.78. The molecular weight excluding hydrogens is 274 g/mol. The Bertz CT molecular complexity index is 292. The van der Waals surface area contributed by atoms with Crippen LogP contribution in [-0.2, 0) is 9.53 Å². The lowest BCUT2D eigenvalue weighted by atomic mass is 9.98. The van der Waals surface area contributed by atoms with Crippen molar-refractivity contribution in [3.05, 3.63) is 0 Å². The van der Waals surface area contributed by atoms with Crippen LogP contribution in [0.1, 0.15) is 89.9 Å². The molecule has 2 fully saturated rings. The van der Waals surface area contributed by atoms with Gasteiger partial charge >= 0.3 is 0 Å². The fraction of sp³-hybridized carbons (Fsp3) is 0.947. The topological polar surface area (TPSA) is 38.3 Å². The Balaban J connectivity index is 1.41. The Morgan fingerprint density at radius 1 is 0.818 bits per heavy atom. The maximum atomic E-state index is 11.9. The number of unbranched alkanes of at least 4 members (excludes halogenated alkanes) is 2. The van der Waals surface area contributed by atoms with Gasteiger partial charge in [-0.3, -0.25) is 4.79 Å². The number of amides is 1. The van der Waals surface area contributed by atoms with Crippen molar-refractivity contribution in [2.24, 2.45) is 5.92 Å². The van der Waals surface area contributed by atoms with E-state index in [4.69, 9.17) is 4.74 Å². The number of hydrogen-bond acceptors (Lipinski definition) is 2. The van der Waals surface area contributed by atoms with Gasteiger partial charge in [-0.15, -0.1) is 0 Å². The predicted octanol–water partition coefficient (Wildman–Crippen LogP) is 4.59. The predicted molar refractivity (Wildman–Crippen MR) is 90.9 cm³/mol. The highest BCUT2D eigenvalue weighted by atomic mass is 16.5. The first-order chi connectivity index (χ1) is 10.9. The van der Waals surface area contributed by atoms with Gasteiger partial charge in [0.25, 0.3) is 0 Å². The van der Waals surface area contributed by atoms with Crippen molar-refractivity contribution < 1.29 is 9.53 Å². The minimum atomic E-state index is 0.295. The molecule has 3 heteroatoms. The van der Waals surface area contributed by atoms with Crippen LogP contribution in [0.5, 0.6) is 0 Å². The molecule has 0 aliphatic heterocycles. The molecule has 0 aromatic rings. The van der Waals surface area contributed by atoms with Crippen LogP contribution in [0.15, 0.2) is 0 Å². The van der Waals surface area contributed by atoms with Gasteiger partial charge < -0.3 is 10.1 Å². The summed E-state index contributed by atoms with van der Waals surface area (Å²) in [4.78, 5) is 11.9. The molecule has 2 aliphatic rings. The van der Waals surface area contributed by atoms with Crippen LogP contribution in [0.3, 0.4) is 0 Å². The van der Waals surface area contributed by atoms with Gasteiger partial charge in [0.15, 0.2) is 0 Å². The highest BCUT2D eigenvalue weighted by Gasteiger charge is 2.21. The van der Waals surface area contributed by atoms with Gasteiger partial charge in [0, 0.05) is 19.1 Å². The van der Waals surface area contributed by atoms with Gasteiger partial charge in [-0.25, -0.2) is 0 Å². The number of nitrogens with one attached hydrogen (secondary N) is 1. The van der Waals surface area contributed by atoms with Gasteiger partial charge in [0.2, 0.25) is 5.91 Å². The molecule has 3 nitrogen and oxygen atoms in total. The minimum absolute atomic E-state index is 0.295. The molecule has 0 saturated heterocycles. The molecule has 1 N–H and O–H groups in total. The molecule has 1 amide bonds.